The van der Waals surface area contributed by atoms with E-state index in [1.54, 1.807) is 0 Å². The van der Waals surface area contributed by atoms with E-state index >= 15 is 0 Å². The van der Waals surface area contributed by atoms with E-state index in [-0.39, 0.29) is 0 Å². The Morgan fingerprint density at radius 2 is 1.05 bits per heavy atom. The summed E-state index contributed by atoms with van der Waals surface area (Å²) in [4.78, 5) is 8.07. The molecular formula is C16H31N3. The van der Waals surface area contributed by atoms with Gasteiger partial charge >= 0.3 is 0 Å². The summed E-state index contributed by atoms with van der Waals surface area (Å²) in [7, 11) is 2.26. The van der Waals surface area contributed by atoms with Crippen molar-refractivity contribution in [2.45, 2.75) is 57.0 Å². The van der Waals surface area contributed by atoms with Crippen LogP contribution in [-0.2, 0) is 0 Å². The first-order valence-electron chi connectivity index (χ1n) is 8.49. The molecule has 0 spiro atoms. The Kier molecular flexibility index (Phi) is 4.78. The Labute approximate surface area is 118 Å². The van der Waals surface area contributed by atoms with Crippen molar-refractivity contribution in [3.05, 3.63) is 0 Å². The van der Waals surface area contributed by atoms with E-state index in [1.165, 1.54) is 84.2 Å². The summed E-state index contributed by atoms with van der Waals surface area (Å²) in [5.41, 5.74) is 0. The number of hydrogen-bond donors (Lipinski definition) is 0. The lowest BCUT2D eigenvalue weighted by molar-refractivity contribution is 0.0522. The van der Waals surface area contributed by atoms with E-state index in [0.717, 1.165) is 12.1 Å². The molecule has 0 saturated carbocycles. The predicted molar refractivity (Wildman–Crippen MR) is 80.5 cm³/mol. The molecule has 3 heterocycles. The quantitative estimate of drug-likeness (QED) is 0.756. The van der Waals surface area contributed by atoms with Gasteiger partial charge in [-0.2, -0.15) is 0 Å². The standard InChI is InChI=1S/C16H31N3/c1-17-11-5-15(6-12-17)19-13-7-16(8-14-19)18-9-3-2-4-10-18/h15-16H,2-14H2,1H3. The van der Waals surface area contributed by atoms with Crippen molar-refractivity contribution in [3.8, 4) is 0 Å². The zero-order chi connectivity index (χ0) is 13.1. The van der Waals surface area contributed by atoms with Crippen molar-refractivity contribution in [2.24, 2.45) is 0 Å². The summed E-state index contributed by atoms with van der Waals surface area (Å²) >= 11 is 0. The fourth-order valence-corrected chi connectivity index (χ4v) is 4.26. The SMILES string of the molecule is CN1CCC(N2CCC(N3CCCCC3)CC2)CC1. The maximum Gasteiger partial charge on any atom is 0.0120 e. The maximum absolute atomic E-state index is 2.80. The molecule has 0 atom stereocenters. The van der Waals surface area contributed by atoms with Crippen molar-refractivity contribution in [1.82, 2.24) is 14.7 Å². The van der Waals surface area contributed by atoms with E-state index in [4.69, 9.17) is 0 Å². The van der Waals surface area contributed by atoms with E-state index in [9.17, 15) is 0 Å². The number of piperidine rings is 3. The van der Waals surface area contributed by atoms with Gasteiger partial charge in [0.25, 0.3) is 0 Å². The molecule has 0 amide bonds. The zero-order valence-electron chi connectivity index (χ0n) is 12.7. The molecule has 3 nitrogen and oxygen atoms in total. The lowest BCUT2D eigenvalue weighted by atomic mass is 9.96. The fourth-order valence-electron chi connectivity index (χ4n) is 4.26. The molecule has 3 heteroatoms. The van der Waals surface area contributed by atoms with Gasteiger partial charge in [-0.3, -0.25) is 0 Å². The third kappa shape index (κ3) is 3.50. The zero-order valence-corrected chi connectivity index (χ0v) is 12.7. The second-order valence-electron chi connectivity index (χ2n) is 6.90. The average Bonchev–Trinajstić information content (AvgIpc) is 2.49. The molecule has 0 bridgehead atoms. The van der Waals surface area contributed by atoms with E-state index in [1.807, 2.05) is 0 Å². The highest BCUT2D eigenvalue weighted by Crippen LogP contribution is 2.24. The van der Waals surface area contributed by atoms with Crippen molar-refractivity contribution < 1.29 is 0 Å². The number of rotatable bonds is 2. The minimum absolute atomic E-state index is 0.888. The molecule has 0 aromatic carbocycles. The Morgan fingerprint density at radius 3 is 1.63 bits per heavy atom. The van der Waals surface area contributed by atoms with Crippen LogP contribution in [0.15, 0.2) is 0 Å². The summed E-state index contributed by atoms with van der Waals surface area (Å²) < 4.78 is 0. The molecule has 0 aliphatic carbocycles. The Balaban J connectivity index is 1.44. The van der Waals surface area contributed by atoms with Crippen molar-refractivity contribution >= 4 is 0 Å². The van der Waals surface area contributed by atoms with Crippen LogP contribution in [0.5, 0.6) is 0 Å². The largest absolute Gasteiger partial charge is 0.306 e. The summed E-state index contributed by atoms with van der Waals surface area (Å²) in [6.45, 7) is 8.07. The molecule has 3 rings (SSSR count). The van der Waals surface area contributed by atoms with Gasteiger partial charge in [0.1, 0.15) is 0 Å². The topological polar surface area (TPSA) is 9.72 Å². The van der Waals surface area contributed by atoms with Crippen LogP contribution in [0.25, 0.3) is 0 Å². The van der Waals surface area contributed by atoms with Gasteiger partial charge in [0.2, 0.25) is 0 Å². The Morgan fingerprint density at radius 1 is 0.579 bits per heavy atom. The van der Waals surface area contributed by atoms with Gasteiger partial charge < -0.3 is 14.7 Å². The van der Waals surface area contributed by atoms with Gasteiger partial charge in [-0.25, -0.2) is 0 Å². The molecular weight excluding hydrogens is 234 g/mol. The first kappa shape index (κ1) is 13.8. The average molecular weight is 265 g/mol. The molecule has 0 N–H and O–H groups in total. The minimum Gasteiger partial charge on any atom is -0.306 e. The molecule has 0 aromatic rings. The second kappa shape index (κ2) is 6.55. The highest BCUT2D eigenvalue weighted by molar-refractivity contribution is 4.86. The van der Waals surface area contributed by atoms with Crippen LogP contribution in [0.4, 0.5) is 0 Å². The lowest BCUT2D eigenvalue weighted by Crippen LogP contribution is -2.51. The van der Waals surface area contributed by atoms with Crippen LogP contribution in [0, 0.1) is 0 Å². The second-order valence-corrected chi connectivity index (χ2v) is 6.90. The summed E-state index contributed by atoms with van der Waals surface area (Å²) in [6, 6.07) is 1.79. The number of hydrogen-bond acceptors (Lipinski definition) is 3. The summed E-state index contributed by atoms with van der Waals surface area (Å²) in [6.07, 6.45) is 9.98. The monoisotopic (exact) mass is 265 g/mol. The molecule has 0 unspecified atom stereocenters. The predicted octanol–water partition coefficient (Wildman–Crippen LogP) is 2.03. The van der Waals surface area contributed by atoms with Crippen LogP contribution < -0.4 is 0 Å². The first-order chi connectivity index (χ1) is 9.33. The molecule has 19 heavy (non-hydrogen) atoms. The van der Waals surface area contributed by atoms with Gasteiger partial charge in [-0.1, -0.05) is 6.42 Å². The van der Waals surface area contributed by atoms with Crippen LogP contribution in [0.2, 0.25) is 0 Å². The fraction of sp³-hybridized carbons (Fsp3) is 1.00. The van der Waals surface area contributed by atoms with Crippen LogP contribution >= 0.6 is 0 Å². The lowest BCUT2D eigenvalue weighted by Gasteiger charge is -2.44. The van der Waals surface area contributed by atoms with Gasteiger partial charge in [0.15, 0.2) is 0 Å². The van der Waals surface area contributed by atoms with Gasteiger partial charge in [0.05, 0.1) is 0 Å². The van der Waals surface area contributed by atoms with Crippen LogP contribution in [0.1, 0.15) is 44.9 Å². The van der Waals surface area contributed by atoms with Crippen LogP contribution in [0.3, 0.4) is 0 Å². The molecule has 3 fully saturated rings. The smallest absolute Gasteiger partial charge is 0.0120 e. The van der Waals surface area contributed by atoms with E-state index in [0.29, 0.717) is 0 Å². The highest BCUT2D eigenvalue weighted by atomic mass is 15.2. The Hall–Kier alpha value is -0.120. The van der Waals surface area contributed by atoms with Crippen molar-refractivity contribution in [3.63, 3.8) is 0 Å². The highest BCUT2D eigenvalue weighted by Gasteiger charge is 2.29. The molecule has 0 aromatic heterocycles. The van der Waals surface area contributed by atoms with E-state index in [2.05, 4.69) is 21.7 Å². The van der Waals surface area contributed by atoms with Gasteiger partial charge in [0, 0.05) is 12.1 Å². The molecule has 3 saturated heterocycles. The van der Waals surface area contributed by atoms with Crippen molar-refractivity contribution in [1.29, 1.82) is 0 Å². The molecule has 3 aliphatic rings. The normalized spacial score (nSPS) is 30.8. The molecule has 110 valence electrons. The molecule has 3 aliphatic heterocycles. The Bertz CT molecular complexity index is 259. The van der Waals surface area contributed by atoms with E-state index < -0.39 is 0 Å². The van der Waals surface area contributed by atoms with Crippen molar-refractivity contribution in [2.75, 3.05) is 46.3 Å². The first-order valence-corrected chi connectivity index (χ1v) is 8.49. The summed E-state index contributed by atoms with van der Waals surface area (Å²) in [5, 5.41) is 0. The van der Waals surface area contributed by atoms with Gasteiger partial charge in [-0.15, -0.1) is 0 Å². The minimum atomic E-state index is 0.888. The summed E-state index contributed by atoms with van der Waals surface area (Å²) in [5.74, 6) is 0. The van der Waals surface area contributed by atoms with Crippen LogP contribution in [-0.4, -0.2) is 73.1 Å². The third-order valence-electron chi connectivity index (χ3n) is 5.61. The number of likely N-dealkylation sites (tertiary alicyclic amines) is 3. The molecule has 0 radical (unpaired) electrons. The maximum atomic E-state index is 2.80. The van der Waals surface area contributed by atoms with Gasteiger partial charge in [-0.05, 0) is 84.8 Å². The third-order valence-corrected chi connectivity index (χ3v) is 5.61. The number of nitrogens with zero attached hydrogens (tertiary/aromatic N) is 3.